The average molecular weight is 436 g/mol. The molecule has 3 rings (SSSR count). The fraction of sp³-hybridized carbons (Fsp3) is 0.208. The van der Waals surface area contributed by atoms with Gasteiger partial charge in [0.25, 0.3) is 11.8 Å². The maximum atomic E-state index is 13.2. The summed E-state index contributed by atoms with van der Waals surface area (Å²) >= 11 is 0. The standard InChI is InChI=1S/C24H24N2O6/c1-4-9-16-12-15(14-20(21(16)27)32-6-3)13-17-22(28)25-24(30)26(23(17)29)18-10-7-8-11-19(18)31-5-2/h4,7-8,10-14,27H,1,5-6,9H2,2-3H3,(H,25,28,30)/b17-13+. The van der Waals surface area contributed by atoms with Crippen molar-refractivity contribution in [3.05, 3.63) is 65.8 Å². The molecule has 0 atom stereocenters. The number of ether oxygens (including phenoxy) is 2. The quantitative estimate of drug-likeness (QED) is 0.372. The number of para-hydroxylation sites is 2. The van der Waals surface area contributed by atoms with Gasteiger partial charge in [0, 0.05) is 5.56 Å². The summed E-state index contributed by atoms with van der Waals surface area (Å²) < 4.78 is 11.0. The van der Waals surface area contributed by atoms with E-state index >= 15 is 0 Å². The minimum atomic E-state index is -0.864. The van der Waals surface area contributed by atoms with Crippen molar-refractivity contribution in [1.82, 2.24) is 5.32 Å². The number of hydrogen-bond donors (Lipinski definition) is 2. The lowest BCUT2D eigenvalue weighted by Crippen LogP contribution is -2.54. The van der Waals surface area contributed by atoms with Gasteiger partial charge in [0.05, 0.1) is 18.9 Å². The third-order valence-electron chi connectivity index (χ3n) is 4.66. The lowest BCUT2D eigenvalue weighted by molar-refractivity contribution is -0.122. The SMILES string of the molecule is C=CCc1cc(/C=C2\C(=O)NC(=O)N(c3ccccc3OCC)C2=O)cc(OCC)c1O. The van der Waals surface area contributed by atoms with Gasteiger partial charge in [-0.15, -0.1) is 6.58 Å². The number of nitrogens with zero attached hydrogens (tertiary/aromatic N) is 1. The van der Waals surface area contributed by atoms with Crippen LogP contribution in [0.2, 0.25) is 0 Å². The second-order valence-corrected chi connectivity index (χ2v) is 6.81. The molecule has 2 N–H and O–H groups in total. The average Bonchev–Trinajstić information content (AvgIpc) is 2.76. The molecule has 0 aliphatic carbocycles. The van der Waals surface area contributed by atoms with E-state index < -0.39 is 17.8 Å². The van der Waals surface area contributed by atoms with Gasteiger partial charge < -0.3 is 14.6 Å². The number of phenols is 1. The van der Waals surface area contributed by atoms with Gasteiger partial charge >= 0.3 is 6.03 Å². The van der Waals surface area contributed by atoms with Gasteiger partial charge in [-0.05, 0) is 56.2 Å². The number of allylic oxidation sites excluding steroid dienone is 1. The summed E-state index contributed by atoms with van der Waals surface area (Å²) in [6.45, 7) is 7.88. The zero-order chi connectivity index (χ0) is 23.3. The zero-order valence-electron chi connectivity index (χ0n) is 17.9. The molecule has 0 bridgehead atoms. The Bertz CT molecular complexity index is 1110. The Hall–Kier alpha value is -4.07. The summed E-state index contributed by atoms with van der Waals surface area (Å²) in [5, 5.41) is 12.6. The lowest BCUT2D eigenvalue weighted by Gasteiger charge is -2.27. The number of aromatic hydroxyl groups is 1. The number of hydrogen-bond acceptors (Lipinski definition) is 6. The number of amides is 4. The second kappa shape index (κ2) is 9.82. The third kappa shape index (κ3) is 4.49. The highest BCUT2D eigenvalue weighted by Crippen LogP contribution is 2.34. The van der Waals surface area contributed by atoms with Gasteiger partial charge in [-0.2, -0.15) is 0 Å². The highest BCUT2D eigenvalue weighted by Gasteiger charge is 2.38. The molecule has 0 unspecified atom stereocenters. The Labute approximate surface area is 185 Å². The van der Waals surface area contributed by atoms with E-state index in [4.69, 9.17) is 9.47 Å². The van der Waals surface area contributed by atoms with E-state index in [1.165, 1.54) is 12.1 Å². The number of nitrogens with one attached hydrogen (secondary N) is 1. The maximum Gasteiger partial charge on any atom is 0.336 e. The number of urea groups is 1. The van der Waals surface area contributed by atoms with Crippen LogP contribution in [-0.4, -0.2) is 36.2 Å². The molecule has 1 aliphatic rings. The van der Waals surface area contributed by atoms with Gasteiger partial charge in [0.1, 0.15) is 11.3 Å². The Balaban J connectivity index is 2.08. The normalized spacial score (nSPS) is 15.0. The molecule has 8 nitrogen and oxygen atoms in total. The summed E-state index contributed by atoms with van der Waals surface area (Å²) in [5.74, 6) is -1.08. The number of barbiturate groups is 1. The predicted molar refractivity (Wildman–Crippen MR) is 120 cm³/mol. The van der Waals surface area contributed by atoms with Crippen LogP contribution in [0.15, 0.2) is 54.6 Å². The van der Waals surface area contributed by atoms with E-state index in [2.05, 4.69) is 11.9 Å². The van der Waals surface area contributed by atoms with Crippen molar-refractivity contribution < 1.29 is 29.0 Å². The lowest BCUT2D eigenvalue weighted by atomic mass is 10.0. The van der Waals surface area contributed by atoms with E-state index in [0.29, 0.717) is 36.5 Å². The van der Waals surface area contributed by atoms with E-state index in [1.54, 1.807) is 50.3 Å². The third-order valence-corrected chi connectivity index (χ3v) is 4.66. The van der Waals surface area contributed by atoms with Crippen molar-refractivity contribution in [2.24, 2.45) is 0 Å². The topological polar surface area (TPSA) is 105 Å². The van der Waals surface area contributed by atoms with E-state index in [9.17, 15) is 19.5 Å². The molecule has 0 spiro atoms. The predicted octanol–water partition coefficient (Wildman–Crippen LogP) is 3.58. The van der Waals surface area contributed by atoms with Gasteiger partial charge in [0.2, 0.25) is 0 Å². The second-order valence-electron chi connectivity index (χ2n) is 6.81. The van der Waals surface area contributed by atoms with Crippen LogP contribution >= 0.6 is 0 Å². The first-order valence-electron chi connectivity index (χ1n) is 10.1. The van der Waals surface area contributed by atoms with Crippen molar-refractivity contribution in [1.29, 1.82) is 0 Å². The minimum absolute atomic E-state index is 0.0317. The van der Waals surface area contributed by atoms with Crippen molar-refractivity contribution in [3.63, 3.8) is 0 Å². The van der Waals surface area contributed by atoms with Crippen molar-refractivity contribution in [2.45, 2.75) is 20.3 Å². The fourth-order valence-corrected chi connectivity index (χ4v) is 3.31. The molecule has 166 valence electrons. The molecule has 8 heteroatoms. The molecular weight excluding hydrogens is 412 g/mol. The summed E-state index contributed by atoms with van der Waals surface area (Å²) in [6, 6.07) is 8.86. The first-order valence-corrected chi connectivity index (χ1v) is 10.1. The number of rotatable bonds is 8. The number of phenolic OH excluding ortho intramolecular Hbond substituents is 1. The minimum Gasteiger partial charge on any atom is -0.504 e. The first-order chi connectivity index (χ1) is 15.4. The molecule has 2 aromatic rings. The number of carbonyl (C=O) groups is 3. The first kappa shape index (κ1) is 22.6. The maximum absolute atomic E-state index is 13.2. The Morgan fingerprint density at radius 3 is 2.44 bits per heavy atom. The van der Waals surface area contributed by atoms with Crippen LogP contribution in [0, 0.1) is 0 Å². The van der Waals surface area contributed by atoms with Crippen LogP contribution in [0.5, 0.6) is 17.2 Å². The smallest absolute Gasteiger partial charge is 0.336 e. The largest absolute Gasteiger partial charge is 0.504 e. The van der Waals surface area contributed by atoms with Gasteiger partial charge in [-0.25, -0.2) is 9.69 Å². The Morgan fingerprint density at radius 1 is 1.06 bits per heavy atom. The summed E-state index contributed by atoms with van der Waals surface area (Å²) in [5.41, 5.74) is 0.960. The molecule has 2 aromatic carbocycles. The number of imide groups is 2. The number of benzene rings is 2. The number of carbonyl (C=O) groups excluding carboxylic acids is 3. The van der Waals surface area contributed by atoms with Crippen molar-refractivity contribution in [2.75, 3.05) is 18.1 Å². The van der Waals surface area contributed by atoms with Gasteiger partial charge in [-0.1, -0.05) is 18.2 Å². The van der Waals surface area contributed by atoms with Crippen LogP contribution in [-0.2, 0) is 16.0 Å². The molecule has 1 saturated heterocycles. The summed E-state index contributed by atoms with van der Waals surface area (Å²) in [6.07, 6.45) is 3.33. The summed E-state index contributed by atoms with van der Waals surface area (Å²) in [4.78, 5) is 39.1. The molecule has 1 heterocycles. The molecule has 0 aromatic heterocycles. The molecule has 1 aliphatic heterocycles. The molecule has 32 heavy (non-hydrogen) atoms. The Morgan fingerprint density at radius 2 is 1.75 bits per heavy atom. The molecule has 4 amide bonds. The fourth-order valence-electron chi connectivity index (χ4n) is 3.31. The molecule has 1 fully saturated rings. The van der Waals surface area contributed by atoms with Gasteiger partial charge in [-0.3, -0.25) is 14.9 Å². The zero-order valence-corrected chi connectivity index (χ0v) is 17.9. The van der Waals surface area contributed by atoms with E-state index in [1.807, 2.05) is 0 Å². The van der Waals surface area contributed by atoms with Crippen LogP contribution in [0.4, 0.5) is 10.5 Å². The number of anilines is 1. The van der Waals surface area contributed by atoms with Crippen LogP contribution in [0.1, 0.15) is 25.0 Å². The van der Waals surface area contributed by atoms with Crippen LogP contribution < -0.4 is 19.7 Å². The van der Waals surface area contributed by atoms with Crippen LogP contribution in [0.25, 0.3) is 6.08 Å². The van der Waals surface area contributed by atoms with Crippen LogP contribution in [0.3, 0.4) is 0 Å². The summed E-state index contributed by atoms with van der Waals surface area (Å²) in [7, 11) is 0. The highest BCUT2D eigenvalue weighted by atomic mass is 16.5. The Kier molecular flexibility index (Phi) is 6.94. The monoisotopic (exact) mass is 436 g/mol. The van der Waals surface area contributed by atoms with Crippen molar-refractivity contribution >= 4 is 29.6 Å². The molecule has 0 saturated carbocycles. The van der Waals surface area contributed by atoms with E-state index in [-0.39, 0.29) is 22.8 Å². The van der Waals surface area contributed by atoms with Crippen molar-refractivity contribution in [3.8, 4) is 17.2 Å². The van der Waals surface area contributed by atoms with Gasteiger partial charge in [0.15, 0.2) is 11.5 Å². The molecule has 0 radical (unpaired) electrons. The van der Waals surface area contributed by atoms with E-state index in [0.717, 1.165) is 4.90 Å². The molecular formula is C24H24N2O6. The highest BCUT2D eigenvalue weighted by molar-refractivity contribution is 6.39.